The summed E-state index contributed by atoms with van der Waals surface area (Å²) in [6.07, 6.45) is 0. The molecule has 2 aromatic carbocycles. The van der Waals surface area contributed by atoms with Crippen LogP contribution in [0.5, 0.6) is 0 Å². The van der Waals surface area contributed by atoms with Crippen molar-refractivity contribution in [1.29, 1.82) is 0 Å². The molecule has 0 spiro atoms. The maximum Gasteiger partial charge on any atom is 0.0453 e. The number of halogens is 4. The predicted molar refractivity (Wildman–Crippen MR) is 115 cm³/mol. The second-order valence-corrected chi connectivity index (χ2v) is 10.1. The average molecular weight is 722 g/mol. The molecule has 0 amide bonds. The van der Waals surface area contributed by atoms with E-state index in [0.29, 0.717) is 0 Å². The van der Waals surface area contributed by atoms with Gasteiger partial charge in [-0.3, -0.25) is 0 Å². The molecule has 0 atom stereocenters. The van der Waals surface area contributed by atoms with Crippen molar-refractivity contribution in [3.05, 3.63) is 50.7 Å². The molecular weight excluding hydrogens is 716 g/mol. The third-order valence-corrected chi connectivity index (χ3v) is 9.65. The summed E-state index contributed by atoms with van der Waals surface area (Å²) in [6, 6.07) is 12.8. The van der Waals surface area contributed by atoms with Gasteiger partial charge in [-0.05, 0) is 115 Å². The topological polar surface area (TPSA) is 0 Å². The van der Waals surface area contributed by atoms with Gasteiger partial charge in [0.1, 0.15) is 0 Å². The fourth-order valence-corrected chi connectivity index (χ4v) is 9.68. The maximum absolute atomic E-state index is 2.40. The number of hydrogen-bond donors (Lipinski definition) is 0. The molecule has 6 heteroatoms. The van der Waals surface area contributed by atoms with Gasteiger partial charge in [0.2, 0.25) is 0 Å². The normalized spacial score (nSPS) is 10.7. The fraction of sp³-hybridized carbons (Fsp3) is 0. The molecule has 0 aliphatic rings. The number of hydrogen-bond acceptors (Lipinski definition) is 2. The summed E-state index contributed by atoms with van der Waals surface area (Å²) < 4.78 is 5.27. The zero-order chi connectivity index (χ0) is 13.1. The van der Waals surface area contributed by atoms with E-state index in [1.54, 1.807) is 0 Å². The molecule has 2 aromatic rings. The second-order valence-electron chi connectivity index (χ2n) is 3.27. The Morgan fingerprint density at radius 1 is 0.556 bits per heavy atom. The van der Waals surface area contributed by atoms with E-state index < -0.39 is 0 Å². The molecule has 0 saturated heterocycles. The van der Waals surface area contributed by atoms with Crippen molar-refractivity contribution >= 4 is 112 Å². The molecule has 94 valence electrons. The molecule has 0 aliphatic carbocycles. The zero-order valence-corrected chi connectivity index (χ0v) is 19.1. The van der Waals surface area contributed by atoms with Crippen LogP contribution in [0.15, 0.2) is 46.2 Å². The molecule has 0 radical (unpaired) electrons. The lowest BCUT2D eigenvalue weighted by Crippen LogP contribution is -1.84. The third-order valence-electron chi connectivity index (χ3n) is 2.05. The van der Waals surface area contributed by atoms with Crippen molar-refractivity contribution in [3.63, 3.8) is 0 Å². The Morgan fingerprint density at radius 3 is 1.11 bits per heavy atom. The lowest BCUT2D eigenvalue weighted by Gasteiger charge is -2.09. The molecule has 0 fully saturated rings. The van der Waals surface area contributed by atoms with Gasteiger partial charge in [-0.25, -0.2) is 0 Å². The first-order chi connectivity index (χ1) is 8.59. The minimum atomic E-state index is 1.32. The first-order valence-electron chi connectivity index (χ1n) is 4.82. The van der Waals surface area contributed by atoms with Crippen molar-refractivity contribution in [2.75, 3.05) is 0 Å². The molecule has 0 bridgehead atoms. The quantitative estimate of drug-likeness (QED) is 0.250. The standard InChI is InChI=1S/C12H6I4S2/c13-7-3-1-4-8(14)11(7)17-18-12-9(15)5-2-6-10(12)16/h1-6H. The van der Waals surface area contributed by atoms with Crippen LogP contribution in [0, 0.1) is 14.3 Å². The molecule has 2 rings (SSSR count). The van der Waals surface area contributed by atoms with Crippen LogP contribution in [0.1, 0.15) is 0 Å². The lowest BCUT2D eigenvalue weighted by molar-refractivity contribution is 1.35. The van der Waals surface area contributed by atoms with E-state index in [1.165, 1.54) is 24.1 Å². The summed E-state index contributed by atoms with van der Waals surface area (Å²) in [4.78, 5) is 2.72. The largest absolute Gasteiger partial charge is 0.0601 e. The highest BCUT2D eigenvalue weighted by molar-refractivity contribution is 14.1. The second kappa shape index (κ2) is 7.90. The Morgan fingerprint density at radius 2 is 0.833 bits per heavy atom. The van der Waals surface area contributed by atoms with Gasteiger partial charge >= 0.3 is 0 Å². The van der Waals surface area contributed by atoms with Crippen LogP contribution in [-0.4, -0.2) is 0 Å². The van der Waals surface area contributed by atoms with Gasteiger partial charge in [0.05, 0.1) is 0 Å². The van der Waals surface area contributed by atoms with Gasteiger partial charge in [-0.15, -0.1) is 0 Å². The van der Waals surface area contributed by atoms with Crippen LogP contribution in [-0.2, 0) is 0 Å². The van der Waals surface area contributed by atoms with Crippen molar-refractivity contribution in [2.24, 2.45) is 0 Å². The summed E-state index contributed by atoms with van der Waals surface area (Å²) in [5.74, 6) is 0. The van der Waals surface area contributed by atoms with Gasteiger partial charge in [0.15, 0.2) is 0 Å². The zero-order valence-electron chi connectivity index (χ0n) is 8.79. The van der Waals surface area contributed by atoms with E-state index in [4.69, 9.17) is 0 Å². The van der Waals surface area contributed by atoms with E-state index in [2.05, 4.69) is 127 Å². The van der Waals surface area contributed by atoms with Crippen molar-refractivity contribution in [3.8, 4) is 0 Å². The smallest absolute Gasteiger partial charge is 0.0453 e. The van der Waals surface area contributed by atoms with Crippen LogP contribution in [0.2, 0.25) is 0 Å². The first kappa shape index (κ1) is 16.4. The number of rotatable bonds is 3. The SMILES string of the molecule is Ic1cccc(I)c1SSc1c(I)cccc1I. The Kier molecular flexibility index (Phi) is 7.21. The summed E-state index contributed by atoms with van der Waals surface area (Å²) in [5, 5.41) is 0. The molecular formula is C12H6I4S2. The van der Waals surface area contributed by atoms with Crippen LogP contribution in [0.25, 0.3) is 0 Å². The Balaban J connectivity index is 2.22. The van der Waals surface area contributed by atoms with Gasteiger partial charge in [0.25, 0.3) is 0 Å². The van der Waals surface area contributed by atoms with Crippen molar-refractivity contribution < 1.29 is 0 Å². The van der Waals surface area contributed by atoms with Crippen LogP contribution in [0.3, 0.4) is 0 Å². The monoisotopic (exact) mass is 722 g/mol. The molecule has 0 heterocycles. The molecule has 0 saturated carbocycles. The van der Waals surface area contributed by atoms with Crippen molar-refractivity contribution in [1.82, 2.24) is 0 Å². The minimum Gasteiger partial charge on any atom is -0.0601 e. The predicted octanol–water partition coefficient (Wildman–Crippen LogP) is 6.90. The molecule has 18 heavy (non-hydrogen) atoms. The van der Waals surface area contributed by atoms with E-state index in [9.17, 15) is 0 Å². The Bertz CT molecular complexity index is 480. The fourth-order valence-electron chi connectivity index (χ4n) is 1.21. The average Bonchev–Trinajstić information content (AvgIpc) is 2.31. The molecule has 0 aromatic heterocycles. The Labute approximate surface area is 169 Å². The van der Waals surface area contributed by atoms with Gasteiger partial charge in [-0.1, -0.05) is 33.7 Å². The highest BCUT2D eigenvalue weighted by Crippen LogP contribution is 2.44. The van der Waals surface area contributed by atoms with E-state index >= 15 is 0 Å². The molecule has 0 unspecified atom stereocenters. The number of benzene rings is 2. The summed E-state index contributed by atoms with van der Waals surface area (Å²) >= 11 is 9.61. The first-order valence-corrected chi connectivity index (χ1v) is 11.3. The van der Waals surface area contributed by atoms with Crippen LogP contribution < -0.4 is 0 Å². The lowest BCUT2D eigenvalue weighted by atomic mass is 10.4. The Hall–Kier alpha value is 2.06. The summed E-state index contributed by atoms with van der Waals surface area (Å²) in [6.45, 7) is 0. The van der Waals surface area contributed by atoms with E-state index in [0.717, 1.165) is 0 Å². The van der Waals surface area contributed by atoms with Crippen LogP contribution >= 0.6 is 112 Å². The van der Waals surface area contributed by atoms with Crippen LogP contribution in [0.4, 0.5) is 0 Å². The van der Waals surface area contributed by atoms with E-state index in [-0.39, 0.29) is 0 Å². The minimum absolute atomic E-state index is 1.32. The van der Waals surface area contributed by atoms with Crippen molar-refractivity contribution in [2.45, 2.75) is 9.79 Å². The molecule has 0 aliphatic heterocycles. The van der Waals surface area contributed by atoms with Gasteiger partial charge in [0, 0.05) is 24.1 Å². The maximum atomic E-state index is 2.40. The molecule has 0 nitrogen and oxygen atoms in total. The highest BCUT2D eigenvalue weighted by Gasteiger charge is 2.10. The van der Waals surface area contributed by atoms with E-state index in [1.807, 2.05) is 21.6 Å². The third kappa shape index (κ3) is 4.28. The summed E-state index contributed by atoms with van der Waals surface area (Å²) in [5.41, 5.74) is 0. The highest BCUT2D eigenvalue weighted by atomic mass is 127. The van der Waals surface area contributed by atoms with Gasteiger partial charge in [-0.2, -0.15) is 0 Å². The summed E-state index contributed by atoms with van der Waals surface area (Å²) in [7, 11) is 3.69. The molecule has 0 N–H and O–H groups in total. The van der Waals surface area contributed by atoms with Gasteiger partial charge < -0.3 is 0 Å².